The summed E-state index contributed by atoms with van der Waals surface area (Å²) in [4.78, 5) is 12.7. The number of aryl methyl sites for hydroxylation is 2. The van der Waals surface area contributed by atoms with Crippen LogP contribution in [-0.2, 0) is 23.0 Å². The quantitative estimate of drug-likeness (QED) is 0.848. The molecule has 0 saturated heterocycles. The van der Waals surface area contributed by atoms with Crippen molar-refractivity contribution in [3.8, 4) is 0 Å². The van der Waals surface area contributed by atoms with Gasteiger partial charge < -0.3 is 9.52 Å². The molecule has 2 heterocycles. The predicted molar refractivity (Wildman–Crippen MR) is 78.1 cm³/mol. The Bertz CT molecular complexity index is 757. The number of carboxylic acid groups (broad SMARTS) is 1. The van der Waals surface area contributed by atoms with E-state index in [9.17, 15) is 13.2 Å². The number of nitrogens with one attached hydrogen (secondary N) is 1. The maximum Gasteiger partial charge on any atom is 0.371 e. The van der Waals surface area contributed by atoms with Gasteiger partial charge in [0, 0.05) is 22.4 Å². The molecule has 0 aromatic carbocycles. The van der Waals surface area contributed by atoms with Crippen molar-refractivity contribution in [1.82, 2.24) is 4.72 Å². The van der Waals surface area contributed by atoms with E-state index < -0.39 is 21.8 Å². The average molecular weight is 329 g/mol. The molecule has 0 saturated carbocycles. The monoisotopic (exact) mass is 329 g/mol. The highest BCUT2D eigenvalue weighted by molar-refractivity contribution is 7.89. The molecule has 0 aliphatic carbocycles. The molecular formula is C13H15NO5S2. The highest BCUT2D eigenvalue weighted by Crippen LogP contribution is 2.21. The largest absolute Gasteiger partial charge is 0.475 e. The lowest BCUT2D eigenvalue weighted by Gasteiger charge is -2.03. The highest BCUT2D eigenvalue weighted by atomic mass is 32.2. The van der Waals surface area contributed by atoms with Crippen LogP contribution in [0.5, 0.6) is 0 Å². The summed E-state index contributed by atoms with van der Waals surface area (Å²) in [6.45, 7) is 3.61. The molecule has 0 amide bonds. The SMILES string of the molecule is CCc1ccc(CNS(=O)(=O)c2cc(C(=O)O)oc2C)s1. The van der Waals surface area contributed by atoms with Crippen LogP contribution in [0.2, 0.25) is 0 Å². The van der Waals surface area contributed by atoms with Crippen LogP contribution in [0.25, 0.3) is 0 Å². The van der Waals surface area contributed by atoms with Crippen molar-refractivity contribution >= 4 is 27.3 Å². The van der Waals surface area contributed by atoms with Gasteiger partial charge in [-0.3, -0.25) is 0 Å². The molecule has 0 radical (unpaired) electrons. The summed E-state index contributed by atoms with van der Waals surface area (Å²) in [6, 6.07) is 4.85. The zero-order valence-electron chi connectivity index (χ0n) is 11.5. The number of hydrogen-bond acceptors (Lipinski definition) is 5. The van der Waals surface area contributed by atoms with Crippen molar-refractivity contribution in [3.05, 3.63) is 39.5 Å². The first-order chi connectivity index (χ1) is 9.83. The first kappa shape index (κ1) is 15.7. The molecule has 8 heteroatoms. The fraction of sp³-hybridized carbons (Fsp3) is 0.308. The van der Waals surface area contributed by atoms with Crippen LogP contribution in [0.1, 0.15) is 33.0 Å². The van der Waals surface area contributed by atoms with E-state index in [0.717, 1.165) is 17.4 Å². The number of sulfonamides is 1. The van der Waals surface area contributed by atoms with Crippen molar-refractivity contribution in [3.63, 3.8) is 0 Å². The third-order valence-electron chi connectivity index (χ3n) is 2.87. The topological polar surface area (TPSA) is 96.6 Å². The zero-order valence-corrected chi connectivity index (χ0v) is 13.2. The summed E-state index contributed by atoms with van der Waals surface area (Å²) < 4.78 is 31.7. The van der Waals surface area contributed by atoms with Crippen LogP contribution in [0.4, 0.5) is 0 Å². The minimum Gasteiger partial charge on any atom is -0.475 e. The Balaban J connectivity index is 2.16. The summed E-state index contributed by atoms with van der Waals surface area (Å²) in [5.74, 6) is -1.64. The van der Waals surface area contributed by atoms with Gasteiger partial charge in [-0.15, -0.1) is 11.3 Å². The van der Waals surface area contributed by atoms with E-state index in [1.165, 1.54) is 23.1 Å². The highest BCUT2D eigenvalue weighted by Gasteiger charge is 2.23. The van der Waals surface area contributed by atoms with Gasteiger partial charge in [0.2, 0.25) is 15.8 Å². The Hall–Kier alpha value is -1.64. The van der Waals surface area contributed by atoms with Crippen molar-refractivity contribution in [1.29, 1.82) is 0 Å². The molecule has 0 atom stereocenters. The van der Waals surface area contributed by atoms with Crippen molar-refractivity contribution in [2.45, 2.75) is 31.7 Å². The second kappa shape index (κ2) is 6.00. The molecule has 0 fully saturated rings. The average Bonchev–Trinajstić information content (AvgIpc) is 3.03. The number of carboxylic acids is 1. The normalized spacial score (nSPS) is 11.7. The van der Waals surface area contributed by atoms with Gasteiger partial charge in [0.15, 0.2) is 0 Å². The van der Waals surface area contributed by atoms with Gasteiger partial charge in [0.1, 0.15) is 10.7 Å². The van der Waals surface area contributed by atoms with Gasteiger partial charge in [-0.25, -0.2) is 17.9 Å². The lowest BCUT2D eigenvalue weighted by molar-refractivity contribution is 0.0661. The summed E-state index contributed by atoms with van der Waals surface area (Å²) >= 11 is 1.54. The Morgan fingerprint density at radius 3 is 2.57 bits per heavy atom. The van der Waals surface area contributed by atoms with E-state index in [1.54, 1.807) is 0 Å². The number of carbonyl (C=O) groups is 1. The summed E-state index contributed by atoms with van der Waals surface area (Å²) in [6.07, 6.45) is 0.903. The summed E-state index contributed by atoms with van der Waals surface area (Å²) in [7, 11) is -3.80. The minimum atomic E-state index is -3.80. The van der Waals surface area contributed by atoms with E-state index in [4.69, 9.17) is 9.52 Å². The number of rotatable bonds is 6. The Morgan fingerprint density at radius 2 is 2.05 bits per heavy atom. The lowest BCUT2D eigenvalue weighted by atomic mass is 10.4. The van der Waals surface area contributed by atoms with E-state index in [0.29, 0.717) is 0 Å². The molecule has 2 aromatic rings. The maximum atomic E-state index is 12.2. The third kappa shape index (κ3) is 3.52. The molecule has 0 aliphatic heterocycles. The minimum absolute atomic E-state index is 0.0559. The van der Waals surface area contributed by atoms with Crippen LogP contribution < -0.4 is 4.72 Å². The molecule has 0 aliphatic rings. The van der Waals surface area contributed by atoms with E-state index in [-0.39, 0.29) is 17.2 Å². The third-order valence-corrected chi connectivity index (χ3v) is 5.61. The van der Waals surface area contributed by atoms with Crippen LogP contribution in [0.15, 0.2) is 27.5 Å². The molecular weight excluding hydrogens is 314 g/mol. The van der Waals surface area contributed by atoms with Crippen molar-refractivity contribution in [2.75, 3.05) is 0 Å². The van der Waals surface area contributed by atoms with E-state index in [2.05, 4.69) is 4.72 Å². The van der Waals surface area contributed by atoms with Crippen LogP contribution >= 0.6 is 11.3 Å². The van der Waals surface area contributed by atoms with Gasteiger partial charge >= 0.3 is 5.97 Å². The van der Waals surface area contributed by atoms with Gasteiger partial charge in [0.05, 0.1) is 0 Å². The fourth-order valence-electron chi connectivity index (χ4n) is 1.79. The van der Waals surface area contributed by atoms with E-state index >= 15 is 0 Å². The van der Waals surface area contributed by atoms with Crippen molar-refractivity contribution < 1.29 is 22.7 Å². The standard InChI is InChI=1S/C13H15NO5S2/c1-3-9-4-5-10(20-9)7-14-21(17,18)12-6-11(13(15)16)19-8(12)2/h4-6,14H,3,7H2,1-2H3,(H,15,16). The van der Waals surface area contributed by atoms with Crippen LogP contribution in [0.3, 0.4) is 0 Å². The van der Waals surface area contributed by atoms with Gasteiger partial charge in [-0.2, -0.15) is 0 Å². The summed E-state index contributed by atoms with van der Waals surface area (Å²) in [5.41, 5.74) is 0. The lowest BCUT2D eigenvalue weighted by Crippen LogP contribution is -2.23. The molecule has 0 unspecified atom stereocenters. The zero-order chi connectivity index (χ0) is 15.6. The molecule has 2 rings (SSSR count). The Labute approximate surface area is 126 Å². The summed E-state index contributed by atoms with van der Waals surface area (Å²) in [5, 5.41) is 8.82. The predicted octanol–water partition coefficient (Wildman–Crippen LogP) is 2.39. The molecule has 6 nitrogen and oxygen atoms in total. The smallest absolute Gasteiger partial charge is 0.371 e. The Morgan fingerprint density at radius 1 is 1.38 bits per heavy atom. The van der Waals surface area contributed by atoms with E-state index in [1.807, 2.05) is 19.1 Å². The second-order valence-electron chi connectivity index (χ2n) is 4.38. The van der Waals surface area contributed by atoms with Crippen molar-refractivity contribution in [2.24, 2.45) is 0 Å². The first-order valence-electron chi connectivity index (χ1n) is 6.24. The number of hydrogen-bond donors (Lipinski definition) is 2. The molecule has 21 heavy (non-hydrogen) atoms. The second-order valence-corrected chi connectivity index (χ2v) is 7.37. The van der Waals surface area contributed by atoms with Gasteiger partial charge in [-0.05, 0) is 25.5 Å². The molecule has 2 aromatic heterocycles. The maximum absolute atomic E-state index is 12.2. The first-order valence-corrected chi connectivity index (χ1v) is 8.54. The van der Waals surface area contributed by atoms with Crippen LogP contribution in [0, 0.1) is 6.92 Å². The number of furan rings is 1. The fourth-order valence-corrected chi connectivity index (χ4v) is 3.96. The van der Waals surface area contributed by atoms with Gasteiger partial charge in [-0.1, -0.05) is 6.92 Å². The van der Waals surface area contributed by atoms with Crippen LogP contribution in [-0.4, -0.2) is 19.5 Å². The Kier molecular flexibility index (Phi) is 4.50. The number of thiophene rings is 1. The molecule has 0 bridgehead atoms. The molecule has 114 valence electrons. The molecule has 2 N–H and O–H groups in total. The van der Waals surface area contributed by atoms with Gasteiger partial charge in [0.25, 0.3) is 0 Å². The molecule has 0 spiro atoms. The number of aromatic carboxylic acids is 1.